The minimum atomic E-state index is -0.297. The van der Waals surface area contributed by atoms with E-state index in [2.05, 4.69) is 15.9 Å². The molecule has 2 aliphatic rings. The quantitative estimate of drug-likeness (QED) is 0.890. The molecule has 1 aromatic rings. The van der Waals surface area contributed by atoms with Gasteiger partial charge in [0.25, 0.3) is 0 Å². The molecule has 0 aromatic heterocycles. The van der Waals surface area contributed by atoms with E-state index in [0.29, 0.717) is 5.75 Å². The molecule has 2 unspecified atom stereocenters. The molecule has 1 spiro atoms. The monoisotopic (exact) mass is 327 g/mol. The first kappa shape index (κ1) is 13.4. The zero-order valence-corrected chi connectivity index (χ0v) is 12.5. The first-order valence-corrected chi connectivity index (χ1v) is 7.78. The minimum absolute atomic E-state index is 0.0756. The number of hydrogen-bond acceptors (Lipinski definition) is 2. The molecule has 19 heavy (non-hydrogen) atoms. The molecule has 2 N–H and O–H groups in total. The Morgan fingerprint density at radius 1 is 1.26 bits per heavy atom. The largest absolute Gasteiger partial charge is 0.487 e. The van der Waals surface area contributed by atoms with Crippen molar-refractivity contribution >= 4 is 15.9 Å². The summed E-state index contributed by atoms with van der Waals surface area (Å²) in [5.41, 5.74) is 6.31. The zero-order chi connectivity index (χ0) is 13.5. The Balaban J connectivity index is 1.78. The molecule has 0 amide bonds. The molecule has 0 saturated heterocycles. The van der Waals surface area contributed by atoms with Crippen LogP contribution in [0, 0.1) is 11.2 Å². The van der Waals surface area contributed by atoms with Crippen LogP contribution in [0.15, 0.2) is 22.7 Å². The van der Waals surface area contributed by atoms with Crippen molar-refractivity contribution in [2.75, 3.05) is 0 Å². The van der Waals surface area contributed by atoms with E-state index in [4.69, 9.17) is 10.5 Å². The molecule has 1 aromatic carbocycles. The summed E-state index contributed by atoms with van der Waals surface area (Å²) in [6.07, 6.45) is 6.87. The summed E-state index contributed by atoms with van der Waals surface area (Å²) in [6.45, 7) is 0. The van der Waals surface area contributed by atoms with Crippen LogP contribution in [-0.2, 0) is 0 Å². The van der Waals surface area contributed by atoms with Crippen LogP contribution in [0.5, 0.6) is 5.75 Å². The van der Waals surface area contributed by atoms with E-state index in [-0.39, 0.29) is 23.4 Å². The molecular weight excluding hydrogens is 309 g/mol. The Hall–Kier alpha value is -0.610. The molecule has 0 bridgehead atoms. The minimum Gasteiger partial charge on any atom is -0.487 e. The predicted molar refractivity (Wildman–Crippen MR) is 76.6 cm³/mol. The first-order chi connectivity index (χ1) is 9.12. The SMILES string of the molecule is NC1CC(Oc2cc(Br)ccc2F)C12CCCCC2. The van der Waals surface area contributed by atoms with Gasteiger partial charge in [0.2, 0.25) is 0 Å². The lowest BCUT2D eigenvalue weighted by molar-refractivity contribution is -0.0911. The van der Waals surface area contributed by atoms with Gasteiger partial charge in [-0.1, -0.05) is 35.2 Å². The highest BCUT2D eigenvalue weighted by molar-refractivity contribution is 9.10. The summed E-state index contributed by atoms with van der Waals surface area (Å²) in [4.78, 5) is 0. The Labute approximate surface area is 121 Å². The zero-order valence-electron chi connectivity index (χ0n) is 10.9. The summed E-state index contributed by atoms with van der Waals surface area (Å²) in [7, 11) is 0. The smallest absolute Gasteiger partial charge is 0.165 e. The van der Waals surface area contributed by atoms with Gasteiger partial charge in [-0.05, 0) is 31.0 Å². The van der Waals surface area contributed by atoms with E-state index in [0.717, 1.165) is 23.7 Å². The highest BCUT2D eigenvalue weighted by Crippen LogP contribution is 2.52. The van der Waals surface area contributed by atoms with E-state index in [1.165, 1.54) is 25.3 Å². The van der Waals surface area contributed by atoms with Crippen molar-refractivity contribution in [2.24, 2.45) is 11.1 Å². The fourth-order valence-electron chi connectivity index (χ4n) is 3.57. The van der Waals surface area contributed by atoms with Crippen molar-refractivity contribution in [3.05, 3.63) is 28.5 Å². The number of ether oxygens (including phenoxy) is 1. The normalized spacial score (nSPS) is 29.0. The van der Waals surface area contributed by atoms with Crippen molar-refractivity contribution in [3.8, 4) is 5.75 Å². The van der Waals surface area contributed by atoms with Crippen molar-refractivity contribution in [1.29, 1.82) is 0 Å². The molecule has 2 fully saturated rings. The molecule has 2 aliphatic carbocycles. The fraction of sp³-hybridized carbons (Fsp3) is 0.600. The van der Waals surface area contributed by atoms with Crippen LogP contribution in [0.1, 0.15) is 38.5 Å². The molecule has 0 aliphatic heterocycles. The standard InChI is InChI=1S/C15H19BrFNO/c16-10-4-5-11(17)12(8-10)19-14-9-13(18)15(14)6-2-1-3-7-15/h4-5,8,13-14H,1-3,6-7,9,18H2. The molecule has 0 radical (unpaired) electrons. The summed E-state index contributed by atoms with van der Waals surface area (Å²) >= 11 is 3.35. The lowest BCUT2D eigenvalue weighted by Crippen LogP contribution is -2.64. The molecule has 4 heteroatoms. The first-order valence-electron chi connectivity index (χ1n) is 6.99. The lowest BCUT2D eigenvalue weighted by Gasteiger charge is -2.56. The van der Waals surface area contributed by atoms with Gasteiger partial charge in [-0.2, -0.15) is 0 Å². The Kier molecular flexibility index (Phi) is 3.56. The van der Waals surface area contributed by atoms with Gasteiger partial charge in [-0.15, -0.1) is 0 Å². The maximum atomic E-state index is 13.8. The molecule has 0 heterocycles. The van der Waals surface area contributed by atoms with Crippen LogP contribution in [0.2, 0.25) is 0 Å². The van der Waals surface area contributed by atoms with Gasteiger partial charge in [0, 0.05) is 22.4 Å². The summed E-state index contributed by atoms with van der Waals surface area (Å²) in [5.74, 6) is 0.0471. The van der Waals surface area contributed by atoms with E-state index in [9.17, 15) is 4.39 Å². The number of halogens is 2. The van der Waals surface area contributed by atoms with Crippen LogP contribution in [0.4, 0.5) is 4.39 Å². The van der Waals surface area contributed by atoms with Gasteiger partial charge in [0.1, 0.15) is 6.10 Å². The van der Waals surface area contributed by atoms with Crippen molar-refractivity contribution in [2.45, 2.75) is 50.7 Å². The molecular formula is C15H19BrFNO. The second-order valence-electron chi connectivity index (χ2n) is 5.82. The molecule has 3 rings (SSSR count). The third kappa shape index (κ3) is 2.29. The van der Waals surface area contributed by atoms with Crippen LogP contribution in [0.25, 0.3) is 0 Å². The van der Waals surface area contributed by atoms with Crippen LogP contribution >= 0.6 is 15.9 Å². The lowest BCUT2D eigenvalue weighted by atomic mass is 9.55. The number of nitrogens with two attached hydrogens (primary N) is 1. The second kappa shape index (κ2) is 5.06. The maximum Gasteiger partial charge on any atom is 0.165 e. The average Bonchev–Trinajstić information content (AvgIpc) is 2.43. The van der Waals surface area contributed by atoms with Crippen LogP contribution < -0.4 is 10.5 Å². The van der Waals surface area contributed by atoms with Gasteiger partial charge < -0.3 is 10.5 Å². The Bertz CT molecular complexity index is 473. The van der Waals surface area contributed by atoms with E-state index < -0.39 is 0 Å². The van der Waals surface area contributed by atoms with Crippen molar-refractivity contribution in [3.63, 3.8) is 0 Å². The predicted octanol–water partition coefficient (Wildman–Crippen LogP) is 4.02. The molecule has 2 saturated carbocycles. The van der Waals surface area contributed by atoms with E-state index in [1.807, 2.05) is 0 Å². The average molecular weight is 328 g/mol. The third-order valence-electron chi connectivity index (χ3n) is 4.79. The fourth-order valence-corrected chi connectivity index (χ4v) is 3.91. The van der Waals surface area contributed by atoms with Crippen molar-refractivity contribution < 1.29 is 9.13 Å². The van der Waals surface area contributed by atoms with Gasteiger partial charge in [0.15, 0.2) is 11.6 Å². The van der Waals surface area contributed by atoms with Crippen LogP contribution in [0.3, 0.4) is 0 Å². The van der Waals surface area contributed by atoms with Gasteiger partial charge in [0.05, 0.1) is 0 Å². The highest BCUT2D eigenvalue weighted by Gasteiger charge is 2.55. The van der Waals surface area contributed by atoms with E-state index >= 15 is 0 Å². The summed E-state index contributed by atoms with van der Waals surface area (Å²) < 4.78 is 20.5. The van der Waals surface area contributed by atoms with E-state index in [1.54, 1.807) is 12.1 Å². The van der Waals surface area contributed by atoms with Crippen LogP contribution in [-0.4, -0.2) is 12.1 Å². The topological polar surface area (TPSA) is 35.2 Å². The van der Waals surface area contributed by atoms with Gasteiger partial charge >= 0.3 is 0 Å². The molecule has 2 atom stereocenters. The van der Waals surface area contributed by atoms with Crippen molar-refractivity contribution in [1.82, 2.24) is 0 Å². The maximum absolute atomic E-state index is 13.8. The number of rotatable bonds is 2. The van der Waals surface area contributed by atoms with Gasteiger partial charge in [-0.3, -0.25) is 0 Å². The third-order valence-corrected chi connectivity index (χ3v) is 5.29. The summed E-state index contributed by atoms with van der Waals surface area (Å²) in [5, 5.41) is 0. The summed E-state index contributed by atoms with van der Waals surface area (Å²) in [6, 6.07) is 5.04. The second-order valence-corrected chi connectivity index (χ2v) is 6.73. The Morgan fingerprint density at radius 3 is 2.68 bits per heavy atom. The molecule has 104 valence electrons. The molecule has 2 nitrogen and oxygen atoms in total. The number of benzene rings is 1. The highest BCUT2D eigenvalue weighted by atomic mass is 79.9. The number of hydrogen-bond donors (Lipinski definition) is 1. The van der Waals surface area contributed by atoms with Gasteiger partial charge in [-0.25, -0.2) is 4.39 Å². The Morgan fingerprint density at radius 2 is 2.00 bits per heavy atom.